The first-order valence-corrected chi connectivity index (χ1v) is 9.71. The molecule has 0 atom stereocenters. The van der Waals surface area contributed by atoms with Crippen molar-refractivity contribution in [1.82, 2.24) is 9.88 Å². The molecule has 1 aliphatic heterocycles. The molecule has 0 spiro atoms. The number of benzene rings is 2. The normalized spacial score (nSPS) is 13.1. The lowest BCUT2D eigenvalue weighted by Gasteiger charge is -2.28. The summed E-state index contributed by atoms with van der Waals surface area (Å²) in [6.07, 6.45) is 0.795. The fourth-order valence-electron chi connectivity index (χ4n) is 3.09. The number of hydrogen-bond acceptors (Lipinski definition) is 5. The van der Waals surface area contributed by atoms with Crippen LogP contribution in [-0.2, 0) is 22.5 Å². The number of thiazole rings is 1. The Labute approximate surface area is 165 Å². The predicted molar refractivity (Wildman–Crippen MR) is 103 cm³/mol. The van der Waals surface area contributed by atoms with E-state index in [9.17, 15) is 14.0 Å². The molecule has 7 heteroatoms. The van der Waals surface area contributed by atoms with Crippen LogP contribution in [-0.4, -0.2) is 34.9 Å². The molecule has 0 bridgehead atoms. The third-order valence-electron chi connectivity index (χ3n) is 4.61. The summed E-state index contributed by atoms with van der Waals surface area (Å²) in [5.41, 5.74) is 3.23. The van der Waals surface area contributed by atoms with Crippen molar-refractivity contribution in [3.63, 3.8) is 0 Å². The summed E-state index contributed by atoms with van der Waals surface area (Å²) in [6.45, 7) is 0.821. The Hall–Kier alpha value is -3.06. The van der Waals surface area contributed by atoms with Crippen molar-refractivity contribution < 1.29 is 18.7 Å². The lowest BCUT2D eigenvalue weighted by atomic mass is 10.00. The van der Waals surface area contributed by atoms with Gasteiger partial charge in [0, 0.05) is 24.0 Å². The fraction of sp³-hybridized carbons (Fsp3) is 0.190. The van der Waals surface area contributed by atoms with E-state index in [2.05, 4.69) is 11.1 Å². The monoisotopic (exact) mass is 396 g/mol. The zero-order valence-corrected chi connectivity index (χ0v) is 15.7. The molecule has 0 saturated heterocycles. The van der Waals surface area contributed by atoms with Gasteiger partial charge in [0.15, 0.2) is 12.3 Å². The Bertz CT molecular complexity index is 1020. The van der Waals surface area contributed by atoms with Gasteiger partial charge in [0.1, 0.15) is 10.8 Å². The van der Waals surface area contributed by atoms with Crippen LogP contribution in [0.5, 0.6) is 0 Å². The molecule has 5 nitrogen and oxygen atoms in total. The Balaban J connectivity index is 1.34. The molecule has 0 N–H and O–H groups in total. The van der Waals surface area contributed by atoms with Gasteiger partial charge >= 0.3 is 5.97 Å². The average Bonchev–Trinajstić information content (AvgIpc) is 3.22. The molecule has 0 aliphatic carbocycles. The van der Waals surface area contributed by atoms with E-state index in [1.54, 1.807) is 22.4 Å². The summed E-state index contributed by atoms with van der Waals surface area (Å²) >= 11 is 1.26. The van der Waals surface area contributed by atoms with E-state index in [4.69, 9.17) is 4.74 Å². The van der Waals surface area contributed by atoms with Crippen LogP contribution < -0.4 is 0 Å². The van der Waals surface area contributed by atoms with Gasteiger partial charge in [0.2, 0.25) is 0 Å². The molecule has 0 unspecified atom stereocenters. The number of aromatic nitrogens is 1. The number of nitrogens with zero attached hydrogens (tertiary/aromatic N) is 2. The Kier molecular flexibility index (Phi) is 5.16. The van der Waals surface area contributed by atoms with E-state index in [1.165, 1.54) is 29.0 Å². The van der Waals surface area contributed by atoms with Crippen LogP contribution in [0.4, 0.5) is 4.39 Å². The highest BCUT2D eigenvalue weighted by atomic mass is 32.1. The topological polar surface area (TPSA) is 59.5 Å². The number of halogens is 1. The smallest absolute Gasteiger partial charge is 0.358 e. The van der Waals surface area contributed by atoms with Gasteiger partial charge in [-0.15, -0.1) is 11.3 Å². The van der Waals surface area contributed by atoms with Gasteiger partial charge in [-0.25, -0.2) is 14.2 Å². The maximum atomic E-state index is 13.0. The van der Waals surface area contributed by atoms with Gasteiger partial charge in [-0.3, -0.25) is 4.79 Å². The lowest BCUT2D eigenvalue weighted by molar-refractivity contribution is -0.135. The predicted octanol–water partition coefficient (Wildman–Crippen LogP) is 3.69. The molecule has 4 rings (SSSR count). The number of ether oxygens (including phenoxy) is 1. The fourth-order valence-corrected chi connectivity index (χ4v) is 3.89. The molecule has 1 amide bonds. The highest BCUT2D eigenvalue weighted by Crippen LogP contribution is 2.24. The molecule has 2 heterocycles. The van der Waals surface area contributed by atoms with Gasteiger partial charge in [0.25, 0.3) is 5.91 Å². The number of amides is 1. The van der Waals surface area contributed by atoms with Crippen LogP contribution in [0.2, 0.25) is 0 Å². The number of rotatable bonds is 4. The van der Waals surface area contributed by atoms with Crippen molar-refractivity contribution in [1.29, 1.82) is 0 Å². The molecule has 3 aromatic rings. The van der Waals surface area contributed by atoms with Crippen molar-refractivity contribution in [3.05, 3.63) is 76.5 Å². The van der Waals surface area contributed by atoms with Gasteiger partial charge in [-0.1, -0.05) is 24.3 Å². The largest absolute Gasteiger partial charge is 0.451 e. The maximum absolute atomic E-state index is 13.0. The van der Waals surface area contributed by atoms with Crippen molar-refractivity contribution in [3.8, 4) is 10.6 Å². The molecule has 2 aromatic carbocycles. The summed E-state index contributed by atoms with van der Waals surface area (Å²) in [5, 5.41) is 2.16. The van der Waals surface area contributed by atoms with E-state index in [0.29, 0.717) is 23.7 Å². The summed E-state index contributed by atoms with van der Waals surface area (Å²) in [5.74, 6) is -1.20. The quantitative estimate of drug-likeness (QED) is 0.631. The molecular formula is C21H17FN2O3S. The van der Waals surface area contributed by atoms with Crippen molar-refractivity contribution in [2.75, 3.05) is 13.2 Å². The second kappa shape index (κ2) is 7.90. The Morgan fingerprint density at radius 2 is 1.86 bits per heavy atom. The first-order valence-electron chi connectivity index (χ1n) is 8.83. The van der Waals surface area contributed by atoms with Crippen LogP contribution in [0.25, 0.3) is 10.6 Å². The van der Waals surface area contributed by atoms with E-state index in [0.717, 1.165) is 12.0 Å². The highest BCUT2D eigenvalue weighted by Gasteiger charge is 2.22. The summed E-state index contributed by atoms with van der Waals surface area (Å²) in [7, 11) is 0. The number of fused-ring (bicyclic) bond motifs is 1. The van der Waals surface area contributed by atoms with Gasteiger partial charge in [0.05, 0.1) is 0 Å². The molecule has 142 valence electrons. The number of esters is 1. The van der Waals surface area contributed by atoms with Gasteiger partial charge in [-0.05, 0) is 41.8 Å². The zero-order valence-electron chi connectivity index (χ0n) is 14.9. The van der Waals surface area contributed by atoms with E-state index in [1.807, 2.05) is 18.2 Å². The minimum absolute atomic E-state index is 0.140. The van der Waals surface area contributed by atoms with Crippen LogP contribution >= 0.6 is 11.3 Å². The molecule has 1 aliphatic rings. The highest BCUT2D eigenvalue weighted by molar-refractivity contribution is 7.13. The second-order valence-corrected chi connectivity index (χ2v) is 7.31. The molecule has 28 heavy (non-hydrogen) atoms. The molecular weight excluding hydrogens is 379 g/mol. The summed E-state index contributed by atoms with van der Waals surface area (Å²) < 4.78 is 18.2. The molecule has 0 fully saturated rings. The molecule has 1 aromatic heterocycles. The van der Waals surface area contributed by atoms with Crippen molar-refractivity contribution in [2.24, 2.45) is 0 Å². The maximum Gasteiger partial charge on any atom is 0.358 e. The van der Waals surface area contributed by atoms with Gasteiger partial charge < -0.3 is 9.64 Å². The molecule has 0 saturated carbocycles. The summed E-state index contributed by atoms with van der Waals surface area (Å²) in [6, 6.07) is 13.9. The van der Waals surface area contributed by atoms with Crippen molar-refractivity contribution >= 4 is 23.2 Å². The second-order valence-electron chi connectivity index (χ2n) is 6.45. The number of hydrogen-bond donors (Lipinski definition) is 0. The molecule has 0 radical (unpaired) electrons. The summed E-state index contributed by atoms with van der Waals surface area (Å²) in [4.78, 5) is 30.5. The number of carbonyl (C=O) groups excluding carboxylic acids is 2. The van der Waals surface area contributed by atoms with Crippen LogP contribution in [0.15, 0.2) is 53.9 Å². The minimum atomic E-state index is -0.643. The Morgan fingerprint density at radius 3 is 2.64 bits per heavy atom. The van der Waals surface area contributed by atoms with E-state index in [-0.39, 0.29) is 24.0 Å². The minimum Gasteiger partial charge on any atom is -0.451 e. The SMILES string of the molecule is O=C(OCC(=O)N1CCc2ccccc2C1)c1csc(-c2ccc(F)cc2)n1. The number of carbonyl (C=O) groups is 2. The van der Waals surface area contributed by atoms with Crippen LogP contribution in [0.3, 0.4) is 0 Å². The first kappa shape index (κ1) is 18.3. The lowest BCUT2D eigenvalue weighted by Crippen LogP contribution is -2.38. The van der Waals surface area contributed by atoms with E-state index >= 15 is 0 Å². The van der Waals surface area contributed by atoms with Crippen LogP contribution in [0, 0.1) is 5.82 Å². The third kappa shape index (κ3) is 3.94. The average molecular weight is 396 g/mol. The van der Waals surface area contributed by atoms with E-state index < -0.39 is 5.97 Å². The Morgan fingerprint density at radius 1 is 1.11 bits per heavy atom. The zero-order chi connectivity index (χ0) is 19.5. The van der Waals surface area contributed by atoms with Gasteiger partial charge in [-0.2, -0.15) is 0 Å². The first-order chi connectivity index (χ1) is 13.6. The van der Waals surface area contributed by atoms with Crippen LogP contribution in [0.1, 0.15) is 21.6 Å². The van der Waals surface area contributed by atoms with Crippen molar-refractivity contribution in [2.45, 2.75) is 13.0 Å². The standard InChI is InChI=1S/C21H17FN2O3S/c22-17-7-5-15(6-8-17)20-23-18(13-28-20)21(26)27-12-19(25)24-10-9-14-3-1-2-4-16(14)11-24/h1-8,13H,9-12H2. The third-order valence-corrected chi connectivity index (χ3v) is 5.51.